The number of anilines is 1. The summed E-state index contributed by atoms with van der Waals surface area (Å²) < 4.78 is 31.0. The molecule has 0 unspecified atom stereocenters. The Balaban J connectivity index is 2.29. The first-order valence-electron chi connectivity index (χ1n) is 7.29. The van der Waals surface area contributed by atoms with Gasteiger partial charge in [-0.15, -0.1) is 0 Å². The Kier molecular flexibility index (Phi) is 5.31. The number of ether oxygens (including phenoxy) is 1. The number of aromatic amines is 1. The lowest BCUT2D eigenvalue weighted by molar-refractivity contribution is -0.115. The van der Waals surface area contributed by atoms with Crippen molar-refractivity contribution in [3.05, 3.63) is 52.3 Å². The molecule has 1 aromatic heterocycles. The van der Waals surface area contributed by atoms with Crippen molar-refractivity contribution in [1.29, 1.82) is 0 Å². The summed E-state index contributed by atoms with van der Waals surface area (Å²) in [7, 11) is 1.18. The van der Waals surface area contributed by atoms with Gasteiger partial charge in [-0.05, 0) is 24.6 Å². The number of carbonyl (C=O) groups excluding carboxylic acids is 3. The van der Waals surface area contributed by atoms with Gasteiger partial charge >= 0.3 is 5.97 Å². The number of esters is 1. The average molecular weight is 350 g/mol. The fourth-order valence-electron chi connectivity index (χ4n) is 2.51. The molecule has 0 bridgehead atoms. The van der Waals surface area contributed by atoms with Gasteiger partial charge in [-0.25, -0.2) is 13.6 Å². The summed E-state index contributed by atoms with van der Waals surface area (Å²) in [6.07, 6.45) is -0.309. The zero-order valence-electron chi connectivity index (χ0n) is 13.8. The topological polar surface area (TPSA) is 88.3 Å². The molecular formula is C17H16F2N2O4. The number of hydrogen-bond donors (Lipinski definition) is 2. The molecule has 0 aliphatic carbocycles. The molecule has 8 heteroatoms. The van der Waals surface area contributed by atoms with Crippen molar-refractivity contribution >= 4 is 23.3 Å². The molecule has 1 amide bonds. The minimum Gasteiger partial charge on any atom is -0.465 e. The van der Waals surface area contributed by atoms with Crippen molar-refractivity contribution in [1.82, 2.24) is 4.98 Å². The quantitative estimate of drug-likeness (QED) is 0.641. The van der Waals surface area contributed by atoms with E-state index in [0.29, 0.717) is 11.6 Å². The van der Waals surface area contributed by atoms with Gasteiger partial charge in [-0.2, -0.15) is 0 Å². The van der Waals surface area contributed by atoms with E-state index in [1.54, 1.807) is 6.92 Å². The van der Waals surface area contributed by atoms with Crippen LogP contribution >= 0.6 is 0 Å². The highest BCUT2D eigenvalue weighted by Gasteiger charge is 2.24. The van der Waals surface area contributed by atoms with Gasteiger partial charge in [0.2, 0.25) is 5.91 Å². The van der Waals surface area contributed by atoms with Crippen LogP contribution in [-0.2, 0) is 16.0 Å². The van der Waals surface area contributed by atoms with Crippen molar-refractivity contribution in [2.45, 2.75) is 20.3 Å². The van der Waals surface area contributed by atoms with Gasteiger partial charge in [-0.3, -0.25) is 9.59 Å². The minimum atomic E-state index is -0.833. The second-order valence-corrected chi connectivity index (χ2v) is 5.41. The van der Waals surface area contributed by atoms with Gasteiger partial charge < -0.3 is 15.0 Å². The lowest BCUT2D eigenvalue weighted by Gasteiger charge is -2.06. The van der Waals surface area contributed by atoms with Crippen molar-refractivity contribution in [2.24, 2.45) is 0 Å². The molecule has 132 valence electrons. The van der Waals surface area contributed by atoms with Gasteiger partial charge in [0.15, 0.2) is 5.78 Å². The number of benzene rings is 1. The lowest BCUT2D eigenvalue weighted by atomic mass is 10.1. The predicted molar refractivity (Wildman–Crippen MR) is 85.6 cm³/mol. The molecule has 6 nitrogen and oxygen atoms in total. The van der Waals surface area contributed by atoms with Crippen LogP contribution in [-0.4, -0.2) is 29.8 Å². The molecule has 0 aliphatic rings. The molecule has 25 heavy (non-hydrogen) atoms. The summed E-state index contributed by atoms with van der Waals surface area (Å²) in [6, 6.07) is 2.60. The molecular weight excluding hydrogens is 334 g/mol. The van der Waals surface area contributed by atoms with Crippen LogP contribution in [0, 0.1) is 18.6 Å². The van der Waals surface area contributed by atoms with E-state index in [2.05, 4.69) is 15.0 Å². The smallest absolute Gasteiger partial charge is 0.339 e. The van der Waals surface area contributed by atoms with Crippen LogP contribution in [0.3, 0.4) is 0 Å². The zero-order valence-corrected chi connectivity index (χ0v) is 13.8. The molecule has 0 fully saturated rings. The molecule has 2 rings (SSSR count). The number of ketones is 1. The Hall–Kier alpha value is -3.03. The summed E-state index contributed by atoms with van der Waals surface area (Å²) in [5, 5.41) is 2.34. The highest BCUT2D eigenvalue weighted by molar-refractivity contribution is 6.02. The van der Waals surface area contributed by atoms with E-state index in [4.69, 9.17) is 0 Å². The number of methoxy groups -OCH3 is 1. The fourth-order valence-corrected chi connectivity index (χ4v) is 2.51. The number of rotatable bonds is 5. The molecule has 1 heterocycles. The molecule has 0 saturated carbocycles. The highest BCUT2D eigenvalue weighted by Crippen LogP contribution is 2.21. The lowest BCUT2D eigenvalue weighted by Crippen LogP contribution is -2.17. The van der Waals surface area contributed by atoms with Crippen molar-refractivity contribution < 1.29 is 27.9 Å². The number of H-pyrrole nitrogens is 1. The second kappa shape index (κ2) is 7.25. The number of amides is 1. The minimum absolute atomic E-state index is 0.0582. The number of Topliss-reactive ketones (excluding diaryl/α,β-unsaturated/α-hetero) is 1. The zero-order chi connectivity index (χ0) is 18.7. The first-order chi connectivity index (χ1) is 11.7. The summed E-state index contributed by atoms with van der Waals surface area (Å²) in [5.74, 6) is -3.28. The summed E-state index contributed by atoms with van der Waals surface area (Å²) in [4.78, 5) is 38.5. The highest BCUT2D eigenvalue weighted by atomic mass is 19.1. The Morgan fingerprint density at radius 2 is 1.76 bits per heavy atom. The molecule has 2 aromatic rings. The monoisotopic (exact) mass is 350 g/mol. The maximum Gasteiger partial charge on any atom is 0.339 e. The van der Waals surface area contributed by atoms with E-state index in [1.807, 2.05) is 0 Å². The molecule has 0 radical (unpaired) electrons. The Morgan fingerprint density at radius 1 is 1.16 bits per heavy atom. The largest absolute Gasteiger partial charge is 0.465 e. The van der Waals surface area contributed by atoms with E-state index < -0.39 is 23.5 Å². The van der Waals surface area contributed by atoms with Crippen LogP contribution in [0.5, 0.6) is 0 Å². The predicted octanol–water partition coefficient (Wildman–Crippen LogP) is 2.77. The van der Waals surface area contributed by atoms with Gasteiger partial charge in [0.05, 0.1) is 24.8 Å². The molecule has 1 aromatic carbocycles. The van der Waals surface area contributed by atoms with Crippen molar-refractivity contribution in [2.75, 3.05) is 12.4 Å². The van der Waals surface area contributed by atoms with Crippen LogP contribution in [0.4, 0.5) is 14.5 Å². The van der Waals surface area contributed by atoms with Gasteiger partial charge in [0.25, 0.3) is 0 Å². The molecule has 0 spiro atoms. The van der Waals surface area contributed by atoms with Crippen molar-refractivity contribution in [3.63, 3.8) is 0 Å². The SMILES string of the molecule is COC(=O)c1c(CC(=O)Nc2cc(F)cc(F)c2)[nH]c(C(C)=O)c1C. The third-order valence-corrected chi connectivity index (χ3v) is 3.55. The second-order valence-electron chi connectivity index (χ2n) is 5.41. The summed E-state index contributed by atoms with van der Waals surface area (Å²) in [6.45, 7) is 2.88. The van der Waals surface area contributed by atoms with E-state index in [1.165, 1.54) is 14.0 Å². The molecule has 0 aliphatic heterocycles. The van der Waals surface area contributed by atoms with Crippen LogP contribution in [0.15, 0.2) is 18.2 Å². The number of hydrogen-bond acceptors (Lipinski definition) is 4. The first kappa shape index (κ1) is 18.3. The van der Waals surface area contributed by atoms with Crippen LogP contribution in [0.1, 0.15) is 39.0 Å². The first-order valence-corrected chi connectivity index (χ1v) is 7.29. The standard InChI is InChI=1S/C17H16F2N2O4/c1-8-15(17(24)25-3)13(21-16(8)9(2)22)7-14(23)20-12-5-10(18)4-11(19)6-12/h4-6,21H,7H2,1-3H3,(H,20,23). The van der Waals surface area contributed by atoms with Crippen LogP contribution in [0.25, 0.3) is 0 Å². The van der Waals surface area contributed by atoms with E-state index >= 15 is 0 Å². The molecule has 0 saturated heterocycles. The number of carbonyl (C=O) groups is 3. The summed E-state index contributed by atoms with van der Waals surface area (Å²) >= 11 is 0. The molecule has 0 atom stereocenters. The van der Waals surface area contributed by atoms with E-state index in [-0.39, 0.29) is 34.8 Å². The Bertz CT molecular complexity index is 838. The van der Waals surface area contributed by atoms with E-state index in [9.17, 15) is 23.2 Å². The maximum absolute atomic E-state index is 13.2. The van der Waals surface area contributed by atoms with Crippen LogP contribution in [0.2, 0.25) is 0 Å². The average Bonchev–Trinajstić information content (AvgIpc) is 2.81. The van der Waals surface area contributed by atoms with Gasteiger partial charge in [-0.1, -0.05) is 0 Å². The Morgan fingerprint density at radius 3 is 2.28 bits per heavy atom. The van der Waals surface area contributed by atoms with Gasteiger partial charge in [0.1, 0.15) is 11.6 Å². The molecule has 2 N–H and O–H groups in total. The van der Waals surface area contributed by atoms with E-state index in [0.717, 1.165) is 12.1 Å². The van der Waals surface area contributed by atoms with Crippen LogP contribution < -0.4 is 5.32 Å². The third-order valence-electron chi connectivity index (χ3n) is 3.55. The van der Waals surface area contributed by atoms with Gasteiger partial charge in [0, 0.05) is 24.4 Å². The number of halogens is 2. The number of aromatic nitrogens is 1. The third kappa shape index (κ3) is 4.09. The number of nitrogens with one attached hydrogen (secondary N) is 2. The summed E-state index contributed by atoms with van der Waals surface area (Å²) in [5.41, 5.74) is 0.785. The normalized spacial score (nSPS) is 10.4. The fraction of sp³-hybridized carbons (Fsp3) is 0.235. The Labute approximate surface area is 142 Å². The van der Waals surface area contributed by atoms with Crippen molar-refractivity contribution in [3.8, 4) is 0 Å². The maximum atomic E-state index is 13.2.